The molecule has 0 saturated carbocycles. The fraction of sp³-hybridized carbons (Fsp3) is 0.471. The van der Waals surface area contributed by atoms with Crippen LogP contribution in [0.15, 0.2) is 30.6 Å². The quantitative estimate of drug-likeness (QED) is 0.943. The third kappa shape index (κ3) is 3.70. The number of nitrogens with one attached hydrogen (secondary N) is 1. The number of carbonyl (C=O) groups is 1. The highest BCUT2D eigenvalue weighted by Crippen LogP contribution is 2.22. The standard InChI is InChI=1S/C17H22N4O2/c1-12(2)23-17(22)21-9-7-13(8-10-21)20-16-14-5-3-4-6-15(14)18-11-19-16/h3-6,11-13H,7-10H2,1-2H3,(H,18,19,20). The Bertz CT molecular complexity index is 676. The Kier molecular flexibility index (Phi) is 4.60. The monoisotopic (exact) mass is 314 g/mol. The second-order valence-corrected chi connectivity index (χ2v) is 6.08. The maximum atomic E-state index is 11.9. The number of rotatable bonds is 3. The number of anilines is 1. The van der Waals surface area contributed by atoms with Crippen molar-refractivity contribution in [2.45, 2.75) is 38.8 Å². The molecule has 1 saturated heterocycles. The first-order chi connectivity index (χ1) is 11.1. The molecule has 2 heterocycles. The summed E-state index contributed by atoms with van der Waals surface area (Å²) in [5.41, 5.74) is 0.933. The van der Waals surface area contributed by atoms with E-state index in [9.17, 15) is 4.79 Å². The van der Waals surface area contributed by atoms with Gasteiger partial charge in [-0.15, -0.1) is 0 Å². The van der Waals surface area contributed by atoms with Gasteiger partial charge in [0.05, 0.1) is 11.6 Å². The van der Waals surface area contributed by atoms with Gasteiger partial charge in [-0.25, -0.2) is 14.8 Å². The number of likely N-dealkylation sites (tertiary alicyclic amines) is 1. The molecule has 0 bridgehead atoms. The zero-order valence-electron chi connectivity index (χ0n) is 13.5. The van der Waals surface area contributed by atoms with Gasteiger partial charge in [0.25, 0.3) is 0 Å². The minimum absolute atomic E-state index is 0.0780. The number of nitrogens with zero attached hydrogens (tertiary/aromatic N) is 3. The molecule has 0 atom stereocenters. The van der Waals surface area contributed by atoms with E-state index in [1.807, 2.05) is 38.1 Å². The van der Waals surface area contributed by atoms with Crippen molar-refractivity contribution in [3.8, 4) is 0 Å². The first-order valence-electron chi connectivity index (χ1n) is 8.05. The van der Waals surface area contributed by atoms with E-state index in [2.05, 4.69) is 15.3 Å². The summed E-state index contributed by atoms with van der Waals surface area (Å²) in [5.74, 6) is 0.860. The van der Waals surface area contributed by atoms with Crippen LogP contribution >= 0.6 is 0 Å². The lowest BCUT2D eigenvalue weighted by atomic mass is 10.1. The molecular weight excluding hydrogens is 292 g/mol. The molecule has 1 aliphatic heterocycles. The van der Waals surface area contributed by atoms with Crippen LogP contribution in [0.3, 0.4) is 0 Å². The van der Waals surface area contributed by atoms with Gasteiger partial charge in [-0.3, -0.25) is 0 Å². The molecular formula is C17H22N4O2. The van der Waals surface area contributed by atoms with Gasteiger partial charge >= 0.3 is 6.09 Å². The molecule has 1 aromatic heterocycles. The van der Waals surface area contributed by atoms with Crippen molar-refractivity contribution >= 4 is 22.8 Å². The van der Waals surface area contributed by atoms with Gasteiger partial charge in [0.1, 0.15) is 12.1 Å². The summed E-state index contributed by atoms with van der Waals surface area (Å²) >= 11 is 0. The van der Waals surface area contributed by atoms with Crippen molar-refractivity contribution in [3.63, 3.8) is 0 Å². The molecule has 6 heteroatoms. The Morgan fingerprint density at radius 1 is 1.26 bits per heavy atom. The highest BCUT2D eigenvalue weighted by Gasteiger charge is 2.24. The molecule has 3 rings (SSSR count). The molecule has 0 radical (unpaired) electrons. The average Bonchev–Trinajstić information content (AvgIpc) is 2.55. The third-order valence-electron chi connectivity index (χ3n) is 3.97. The Hall–Kier alpha value is -2.37. The lowest BCUT2D eigenvalue weighted by Crippen LogP contribution is -2.43. The molecule has 23 heavy (non-hydrogen) atoms. The number of piperidine rings is 1. The molecule has 1 amide bonds. The summed E-state index contributed by atoms with van der Waals surface area (Å²) in [6.07, 6.45) is 3.05. The van der Waals surface area contributed by atoms with Gasteiger partial charge in [0, 0.05) is 24.5 Å². The second-order valence-electron chi connectivity index (χ2n) is 6.08. The Morgan fingerprint density at radius 2 is 2.00 bits per heavy atom. The van der Waals surface area contributed by atoms with Crippen LogP contribution in [0.25, 0.3) is 10.9 Å². The molecule has 1 aromatic carbocycles. The van der Waals surface area contributed by atoms with Crippen LogP contribution in [-0.4, -0.2) is 46.2 Å². The zero-order chi connectivity index (χ0) is 16.2. The fourth-order valence-corrected chi connectivity index (χ4v) is 2.80. The molecule has 122 valence electrons. The van der Waals surface area contributed by atoms with E-state index in [4.69, 9.17) is 4.74 Å². The van der Waals surface area contributed by atoms with Crippen LogP contribution in [0.4, 0.5) is 10.6 Å². The van der Waals surface area contributed by atoms with E-state index in [1.54, 1.807) is 11.2 Å². The average molecular weight is 314 g/mol. The minimum Gasteiger partial charge on any atom is -0.447 e. The summed E-state index contributed by atoms with van der Waals surface area (Å²) < 4.78 is 5.25. The first kappa shape index (κ1) is 15.5. The van der Waals surface area contributed by atoms with Crippen molar-refractivity contribution in [2.24, 2.45) is 0 Å². The van der Waals surface area contributed by atoms with E-state index in [0.29, 0.717) is 19.1 Å². The van der Waals surface area contributed by atoms with Crippen LogP contribution in [0, 0.1) is 0 Å². The van der Waals surface area contributed by atoms with E-state index < -0.39 is 0 Å². The maximum absolute atomic E-state index is 11.9. The van der Waals surface area contributed by atoms with Crippen molar-refractivity contribution in [1.82, 2.24) is 14.9 Å². The van der Waals surface area contributed by atoms with Crippen molar-refractivity contribution in [1.29, 1.82) is 0 Å². The maximum Gasteiger partial charge on any atom is 0.410 e. The van der Waals surface area contributed by atoms with Crippen molar-refractivity contribution in [2.75, 3.05) is 18.4 Å². The number of amides is 1. The first-order valence-corrected chi connectivity index (χ1v) is 8.05. The summed E-state index contributed by atoms with van der Waals surface area (Å²) in [4.78, 5) is 22.3. The summed E-state index contributed by atoms with van der Waals surface area (Å²) in [6, 6.07) is 8.26. The summed E-state index contributed by atoms with van der Waals surface area (Å²) in [6.45, 7) is 5.14. The zero-order valence-corrected chi connectivity index (χ0v) is 13.5. The number of aromatic nitrogens is 2. The molecule has 1 fully saturated rings. The molecule has 0 unspecified atom stereocenters. The van der Waals surface area contributed by atoms with Crippen LogP contribution in [0.1, 0.15) is 26.7 Å². The van der Waals surface area contributed by atoms with E-state index in [-0.39, 0.29) is 12.2 Å². The minimum atomic E-state index is -0.217. The van der Waals surface area contributed by atoms with Gasteiger partial charge in [-0.1, -0.05) is 12.1 Å². The largest absolute Gasteiger partial charge is 0.447 e. The number of hydrogen-bond donors (Lipinski definition) is 1. The van der Waals surface area contributed by atoms with Gasteiger partial charge in [-0.05, 0) is 38.8 Å². The topological polar surface area (TPSA) is 67.3 Å². The molecule has 1 aliphatic rings. The van der Waals surface area contributed by atoms with Crippen LogP contribution in [0.2, 0.25) is 0 Å². The molecule has 6 nitrogen and oxygen atoms in total. The number of carbonyl (C=O) groups excluding carboxylic acids is 1. The van der Waals surface area contributed by atoms with Crippen molar-refractivity contribution in [3.05, 3.63) is 30.6 Å². The third-order valence-corrected chi connectivity index (χ3v) is 3.97. The Balaban J connectivity index is 1.61. The molecule has 1 N–H and O–H groups in total. The van der Waals surface area contributed by atoms with Gasteiger partial charge in [-0.2, -0.15) is 0 Å². The molecule has 0 aliphatic carbocycles. The summed E-state index contributed by atoms with van der Waals surface area (Å²) in [7, 11) is 0. The number of fused-ring (bicyclic) bond motifs is 1. The van der Waals surface area contributed by atoms with Crippen LogP contribution in [0.5, 0.6) is 0 Å². The predicted octanol–water partition coefficient (Wildman–Crippen LogP) is 3.05. The molecule has 2 aromatic rings. The second kappa shape index (κ2) is 6.81. The van der Waals surface area contributed by atoms with Gasteiger partial charge in [0.2, 0.25) is 0 Å². The number of para-hydroxylation sites is 1. The number of ether oxygens (including phenoxy) is 1. The van der Waals surface area contributed by atoms with Crippen LogP contribution < -0.4 is 5.32 Å². The number of hydrogen-bond acceptors (Lipinski definition) is 5. The summed E-state index contributed by atoms with van der Waals surface area (Å²) in [5, 5.41) is 4.52. The SMILES string of the molecule is CC(C)OC(=O)N1CCC(Nc2ncnc3ccccc23)CC1. The van der Waals surface area contributed by atoms with E-state index >= 15 is 0 Å². The number of benzene rings is 1. The smallest absolute Gasteiger partial charge is 0.410 e. The Morgan fingerprint density at radius 3 is 2.74 bits per heavy atom. The Labute approximate surface area is 135 Å². The van der Waals surface area contributed by atoms with Gasteiger partial charge < -0.3 is 15.0 Å². The normalized spacial score (nSPS) is 15.9. The lowest BCUT2D eigenvalue weighted by molar-refractivity contribution is 0.0701. The fourth-order valence-electron chi connectivity index (χ4n) is 2.80. The molecule has 0 spiro atoms. The van der Waals surface area contributed by atoms with Crippen LogP contribution in [-0.2, 0) is 4.74 Å². The highest BCUT2D eigenvalue weighted by atomic mass is 16.6. The van der Waals surface area contributed by atoms with E-state index in [1.165, 1.54) is 0 Å². The predicted molar refractivity (Wildman–Crippen MR) is 89.4 cm³/mol. The van der Waals surface area contributed by atoms with E-state index in [0.717, 1.165) is 29.6 Å². The highest BCUT2D eigenvalue weighted by molar-refractivity contribution is 5.88. The van der Waals surface area contributed by atoms with Crippen molar-refractivity contribution < 1.29 is 9.53 Å². The van der Waals surface area contributed by atoms with Gasteiger partial charge in [0.15, 0.2) is 0 Å². The lowest BCUT2D eigenvalue weighted by Gasteiger charge is -2.32.